The summed E-state index contributed by atoms with van der Waals surface area (Å²) in [5.74, 6) is 0.784. The fraction of sp³-hybridized carbons (Fsp3) is 0.500. The van der Waals surface area contributed by atoms with Crippen LogP contribution < -0.4 is 10.5 Å². The van der Waals surface area contributed by atoms with E-state index >= 15 is 0 Å². The Balaban J connectivity index is 1.88. The van der Waals surface area contributed by atoms with Crippen LogP contribution in [0.25, 0.3) is 0 Å². The number of likely N-dealkylation sites (tertiary alicyclic amines) is 1. The Kier molecular flexibility index (Phi) is 4.59. The Morgan fingerprint density at radius 3 is 2.67 bits per heavy atom. The molecule has 0 unspecified atom stereocenters. The molecule has 1 aliphatic rings. The number of ether oxygens (including phenoxy) is 1. The van der Waals surface area contributed by atoms with Crippen molar-refractivity contribution in [1.29, 1.82) is 0 Å². The Morgan fingerprint density at radius 1 is 1.22 bits per heavy atom. The molecule has 1 aromatic carbocycles. The fourth-order valence-corrected chi connectivity index (χ4v) is 2.19. The predicted octanol–water partition coefficient (Wildman–Crippen LogP) is 1.54. The van der Waals surface area contributed by atoms with Crippen LogP contribution >= 0.6 is 0 Å². The Labute approximate surface area is 108 Å². The van der Waals surface area contributed by atoms with Crippen LogP contribution in [0.15, 0.2) is 24.3 Å². The highest BCUT2D eigenvalue weighted by Gasteiger charge is 2.17. The first kappa shape index (κ1) is 12.9. The number of hydrogen-bond acceptors (Lipinski definition) is 3. The standard InChI is InChI=1S/C14H20N2O2/c15-10-12-6-2-3-7-13(12)18-11-14(17)16-8-4-1-5-9-16/h2-3,6-7H,1,4-5,8-11,15H2. The molecule has 1 saturated heterocycles. The lowest BCUT2D eigenvalue weighted by molar-refractivity contribution is -0.134. The lowest BCUT2D eigenvalue weighted by atomic mass is 10.1. The van der Waals surface area contributed by atoms with Crippen molar-refractivity contribution >= 4 is 5.91 Å². The maximum Gasteiger partial charge on any atom is 0.260 e. The summed E-state index contributed by atoms with van der Waals surface area (Å²) in [5, 5.41) is 0. The summed E-state index contributed by atoms with van der Waals surface area (Å²) in [6.07, 6.45) is 3.43. The highest BCUT2D eigenvalue weighted by molar-refractivity contribution is 5.77. The summed E-state index contributed by atoms with van der Waals surface area (Å²) in [7, 11) is 0. The van der Waals surface area contributed by atoms with E-state index < -0.39 is 0 Å². The molecule has 1 aromatic rings. The number of rotatable bonds is 4. The summed E-state index contributed by atoms with van der Waals surface area (Å²) >= 11 is 0. The largest absolute Gasteiger partial charge is 0.483 e. The van der Waals surface area contributed by atoms with E-state index in [1.165, 1.54) is 6.42 Å². The predicted molar refractivity (Wildman–Crippen MR) is 70.3 cm³/mol. The van der Waals surface area contributed by atoms with Crippen LogP contribution in [0.3, 0.4) is 0 Å². The third-order valence-electron chi connectivity index (χ3n) is 3.25. The second-order valence-electron chi connectivity index (χ2n) is 4.54. The maximum absolute atomic E-state index is 11.9. The van der Waals surface area contributed by atoms with Crippen molar-refractivity contribution in [2.75, 3.05) is 19.7 Å². The first-order valence-electron chi connectivity index (χ1n) is 6.50. The second kappa shape index (κ2) is 6.40. The van der Waals surface area contributed by atoms with Crippen LogP contribution in [-0.4, -0.2) is 30.5 Å². The fourth-order valence-electron chi connectivity index (χ4n) is 2.19. The van der Waals surface area contributed by atoms with E-state index in [-0.39, 0.29) is 12.5 Å². The van der Waals surface area contributed by atoms with Gasteiger partial charge in [0.2, 0.25) is 0 Å². The molecule has 0 saturated carbocycles. The quantitative estimate of drug-likeness (QED) is 0.879. The van der Waals surface area contributed by atoms with Crippen molar-refractivity contribution in [3.63, 3.8) is 0 Å². The van der Waals surface area contributed by atoms with Crippen LogP contribution in [0.5, 0.6) is 5.75 Å². The number of benzene rings is 1. The summed E-state index contributed by atoms with van der Waals surface area (Å²) in [6.45, 7) is 2.26. The molecule has 0 radical (unpaired) electrons. The topological polar surface area (TPSA) is 55.6 Å². The third kappa shape index (κ3) is 3.23. The summed E-state index contributed by atoms with van der Waals surface area (Å²) in [4.78, 5) is 13.8. The molecule has 98 valence electrons. The molecule has 0 bridgehead atoms. The highest BCUT2D eigenvalue weighted by atomic mass is 16.5. The molecule has 1 heterocycles. The number of nitrogens with two attached hydrogens (primary N) is 1. The van der Waals surface area contributed by atoms with Crippen molar-refractivity contribution < 1.29 is 9.53 Å². The lowest BCUT2D eigenvalue weighted by Crippen LogP contribution is -2.38. The minimum Gasteiger partial charge on any atom is -0.483 e. The van der Waals surface area contributed by atoms with Gasteiger partial charge in [-0.1, -0.05) is 18.2 Å². The molecule has 0 aliphatic carbocycles. The smallest absolute Gasteiger partial charge is 0.260 e. The van der Waals surface area contributed by atoms with Gasteiger partial charge in [-0.15, -0.1) is 0 Å². The SMILES string of the molecule is NCc1ccccc1OCC(=O)N1CCCCC1. The molecule has 2 N–H and O–H groups in total. The van der Waals surface area contributed by atoms with E-state index in [1.54, 1.807) is 0 Å². The molecule has 4 heteroatoms. The Hall–Kier alpha value is -1.55. The molecular weight excluding hydrogens is 228 g/mol. The normalized spacial score (nSPS) is 15.5. The number of para-hydroxylation sites is 1. The van der Waals surface area contributed by atoms with Gasteiger partial charge in [0.1, 0.15) is 5.75 Å². The van der Waals surface area contributed by atoms with E-state index in [9.17, 15) is 4.79 Å². The number of hydrogen-bond donors (Lipinski definition) is 1. The van der Waals surface area contributed by atoms with Crippen molar-refractivity contribution in [2.24, 2.45) is 5.73 Å². The van der Waals surface area contributed by atoms with Crippen molar-refractivity contribution in [1.82, 2.24) is 4.90 Å². The van der Waals surface area contributed by atoms with E-state index in [2.05, 4.69) is 0 Å². The average molecular weight is 248 g/mol. The van der Waals surface area contributed by atoms with Gasteiger partial charge in [0.05, 0.1) is 0 Å². The van der Waals surface area contributed by atoms with Crippen molar-refractivity contribution in [3.05, 3.63) is 29.8 Å². The summed E-state index contributed by atoms with van der Waals surface area (Å²) in [6, 6.07) is 7.58. The first-order valence-corrected chi connectivity index (χ1v) is 6.50. The molecule has 0 spiro atoms. The molecule has 1 fully saturated rings. The third-order valence-corrected chi connectivity index (χ3v) is 3.25. The zero-order valence-corrected chi connectivity index (χ0v) is 10.6. The van der Waals surface area contributed by atoms with Crippen LogP contribution in [0.4, 0.5) is 0 Å². The Morgan fingerprint density at radius 2 is 1.94 bits per heavy atom. The number of piperidine rings is 1. The van der Waals surface area contributed by atoms with Crippen LogP contribution in [0.2, 0.25) is 0 Å². The van der Waals surface area contributed by atoms with Crippen LogP contribution in [0.1, 0.15) is 24.8 Å². The van der Waals surface area contributed by atoms with Gasteiger partial charge in [-0.3, -0.25) is 4.79 Å². The number of amides is 1. The first-order chi connectivity index (χ1) is 8.81. The van der Waals surface area contributed by atoms with Gasteiger partial charge in [-0.05, 0) is 25.3 Å². The molecule has 0 aromatic heterocycles. The van der Waals surface area contributed by atoms with Crippen LogP contribution in [0, 0.1) is 0 Å². The Bertz CT molecular complexity index is 401. The molecule has 2 rings (SSSR count). The summed E-state index contributed by atoms with van der Waals surface area (Å²) in [5.41, 5.74) is 6.56. The molecule has 18 heavy (non-hydrogen) atoms. The van der Waals surface area contributed by atoms with Gasteiger partial charge >= 0.3 is 0 Å². The monoisotopic (exact) mass is 248 g/mol. The molecule has 4 nitrogen and oxygen atoms in total. The van der Waals surface area contributed by atoms with Gasteiger partial charge in [0.15, 0.2) is 6.61 Å². The van der Waals surface area contributed by atoms with Gasteiger partial charge in [-0.25, -0.2) is 0 Å². The minimum atomic E-state index is 0.0709. The van der Waals surface area contributed by atoms with Crippen LogP contribution in [-0.2, 0) is 11.3 Å². The van der Waals surface area contributed by atoms with Gasteiger partial charge in [0.25, 0.3) is 5.91 Å². The average Bonchev–Trinajstić information content (AvgIpc) is 2.46. The van der Waals surface area contributed by atoms with Crippen molar-refractivity contribution in [3.8, 4) is 5.75 Å². The van der Waals surface area contributed by atoms with E-state index in [0.29, 0.717) is 12.3 Å². The number of nitrogens with zero attached hydrogens (tertiary/aromatic N) is 1. The zero-order chi connectivity index (χ0) is 12.8. The van der Waals surface area contributed by atoms with Gasteiger partial charge in [0, 0.05) is 25.2 Å². The maximum atomic E-state index is 11.9. The van der Waals surface area contributed by atoms with Gasteiger partial charge < -0.3 is 15.4 Å². The number of carbonyl (C=O) groups excluding carboxylic acids is 1. The van der Waals surface area contributed by atoms with Gasteiger partial charge in [-0.2, -0.15) is 0 Å². The second-order valence-corrected chi connectivity index (χ2v) is 4.54. The van der Waals surface area contributed by atoms with E-state index in [1.807, 2.05) is 29.2 Å². The molecular formula is C14H20N2O2. The molecule has 1 aliphatic heterocycles. The van der Waals surface area contributed by atoms with Crippen molar-refractivity contribution in [2.45, 2.75) is 25.8 Å². The summed E-state index contributed by atoms with van der Waals surface area (Å²) < 4.78 is 5.57. The molecule has 1 amide bonds. The van der Waals surface area contributed by atoms with E-state index in [0.717, 1.165) is 31.5 Å². The number of carbonyl (C=O) groups is 1. The van der Waals surface area contributed by atoms with E-state index in [4.69, 9.17) is 10.5 Å². The lowest BCUT2D eigenvalue weighted by Gasteiger charge is -2.26. The molecule has 0 atom stereocenters. The minimum absolute atomic E-state index is 0.0709. The highest BCUT2D eigenvalue weighted by Crippen LogP contribution is 2.17. The zero-order valence-electron chi connectivity index (χ0n) is 10.6.